The van der Waals surface area contributed by atoms with Crippen molar-refractivity contribution in [2.75, 3.05) is 6.61 Å². The van der Waals surface area contributed by atoms with Gasteiger partial charge in [0.1, 0.15) is 17.1 Å². The maximum absolute atomic E-state index is 10.8. The second kappa shape index (κ2) is 5.95. The minimum atomic E-state index is -0.609. The van der Waals surface area contributed by atoms with E-state index in [1.54, 1.807) is 6.07 Å². The molecular formula is C26H36O4. The van der Waals surface area contributed by atoms with Crippen molar-refractivity contribution in [2.24, 2.45) is 34.0 Å². The van der Waals surface area contributed by atoms with E-state index in [-0.39, 0.29) is 21.8 Å². The van der Waals surface area contributed by atoms with Crippen molar-refractivity contribution in [3.05, 3.63) is 23.8 Å². The van der Waals surface area contributed by atoms with Gasteiger partial charge in [0.25, 0.3) is 0 Å². The lowest BCUT2D eigenvalue weighted by Crippen LogP contribution is -2.69. The van der Waals surface area contributed by atoms with Crippen molar-refractivity contribution >= 4 is 0 Å². The van der Waals surface area contributed by atoms with Crippen LogP contribution in [0.2, 0.25) is 0 Å². The lowest BCUT2D eigenvalue weighted by Gasteiger charge is -2.71. The molecule has 1 saturated heterocycles. The van der Waals surface area contributed by atoms with Gasteiger partial charge in [0.15, 0.2) is 6.29 Å². The molecular weight excluding hydrogens is 376 g/mol. The minimum Gasteiger partial charge on any atom is -0.508 e. The summed E-state index contributed by atoms with van der Waals surface area (Å²) in [5, 5.41) is 20.8. The van der Waals surface area contributed by atoms with Crippen LogP contribution in [0.4, 0.5) is 0 Å². The Balaban J connectivity index is 1.42. The molecule has 6 rings (SSSR count). The van der Waals surface area contributed by atoms with Crippen LogP contribution in [0.5, 0.6) is 11.5 Å². The average Bonchev–Trinajstić information content (AvgIpc) is 2.70. The summed E-state index contributed by atoms with van der Waals surface area (Å²) in [4.78, 5) is 0. The molecule has 30 heavy (non-hydrogen) atoms. The van der Waals surface area contributed by atoms with Gasteiger partial charge in [-0.2, -0.15) is 0 Å². The largest absolute Gasteiger partial charge is 0.508 e. The summed E-state index contributed by atoms with van der Waals surface area (Å²) in [7, 11) is 0. The molecule has 5 aliphatic rings. The highest BCUT2D eigenvalue weighted by atomic mass is 16.6. The summed E-state index contributed by atoms with van der Waals surface area (Å²) in [6.45, 7) is 7.85. The molecule has 2 bridgehead atoms. The number of fused-ring (bicyclic) bond motifs is 4. The molecule has 1 aromatic carbocycles. The third-order valence-electron chi connectivity index (χ3n) is 10.7. The molecule has 4 heteroatoms. The minimum absolute atomic E-state index is 0.0972. The summed E-state index contributed by atoms with van der Waals surface area (Å²) < 4.78 is 12.8. The van der Waals surface area contributed by atoms with Gasteiger partial charge in [-0.3, -0.25) is 0 Å². The first-order valence-electron chi connectivity index (χ1n) is 12.0. The number of ether oxygens (including phenoxy) is 2. The fourth-order valence-corrected chi connectivity index (χ4v) is 9.32. The zero-order valence-corrected chi connectivity index (χ0v) is 18.6. The smallest absolute Gasteiger partial charge is 0.160 e. The first-order chi connectivity index (χ1) is 14.2. The molecule has 0 radical (unpaired) electrons. The van der Waals surface area contributed by atoms with Crippen molar-refractivity contribution in [3.8, 4) is 11.5 Å². The fraction of sp³-hybridized carbons (Fsp3) is 0.769. The highest BCUT2D eigenvalue weighted by molar-refractivity contribution is 5.43. The maximum Gasteiger partial charge on any atom is 0.160 e. The lowest BCUT2D eigenvalue weighted by molar-refractivity contribution is -0.327. The normalized spacial score (nSPS) is 51.6. The number of hydrogen-bond acceptors (Lipinski definition) is 4. The van der Waals surface area contributed by atoms with E-state index >= 15 is 0 Å². The van der Waals surface area contributed by atoms with Crippen molar-refractivity contribution in [1.29, 1.82) is 0 Å². The van der Waals surface area contributed by atoms with Crippen LogP contribution in [-0.4, -0.2) is 28.7 Å². The molecule has 8 atom stereocenters. The standard InChI is InChI=1S/C26H36O4/c1-23-11-7-20-24(2)9-4-10-26(20,15-29-22(24)28)19(23)8-12-25(3)21(23)14-16-13-17(27)5-6-18(16)30-25/h5-6,13,19-22,27-28H,4,7-12,14-15H2,1-3H3/t19-,20-,21?,22-,23+,24-,25-,26-/m0/s1. The van der Waals surface area contributed by atoms with Crippen molar-refractivity contribution in [2.45, 2.75) is 84.0 Å². The van der Waals surface area contributed by atoms with E-state index in [2.05, 4.69) is 20.8 Å². The fourth-order valence-electron chi connectivity index (χ4n) is 9.32. The van der Waals surface area contributed by atoms with Gasteiger partial charge in [-0.05, 0) is 92.9 Å². The van der Waals surface area contributed by atoms with Crippen LogP contribution < -0.4 is 4.74 Å². The highest BCUT2D eigenvalue weighted by Gasteiger charge is 2.70. The molecule has 164 valence electrons. The van der Waals surface area contributed by atoms with E-state index in [0.717, 1.165) is 37.2 Å². The van der Waals surface area contributed by atoms with E-state index in [4.69, 9.17) is 9.47 Å². The molecule has 2 heterocycles. The Morgan fingerprint density at radius 2 is 1.70 bits per heavy atom. The second-order valence-corrected chi connectivity index (χ2v) is 11.9. The number of hydrogen-bond donors (Lipinski definition) is 2. The quantitative estimate of drug-likeness (QED) is 0.626. The SMILES string of the molecule is C[C@@]12CCC[C@]3(CO[C@@H]1O)[C@H]1CC[C@]4(C)Oc5ccc(O)cc5CC4[C@]1(C)CC[C@@H]23. The maximum atomic E-state index is 10.8. The van der Waals surface area contributed by atoms with Crippen LogP contribution in [-0.2, 0) is 11.2 Å². The van der Waals surface area contributed by atoms with Gasteiger partial charge < -0.3 is 19.7 Å². The topological polar surface area (TPSA) is 58.9 Å². The number of phenolic OH excluding ortho intramolecular Hbond substituents is 1. The van der Waals surface area contributed by atoms with Crippen LogP contribution in [0.1, 0.15) is 71.3 Å². The van der Waals surface area contributed by atoms with Crippen LogP contribution in [0.15, 0.2) is 18.2 Å². The van der Waals surface area contributed by atoms with Gasteiger partial charge in [0, 0.05) is 16.7 Å². The Hall–Kier alpha value is -1.26. The summed E-state index contributed by atoms with van der Waals surface area (Å²) in [5.41, 5.74) is 1.30. The molecule has 1 aromatic rings. The van der Waals surface area contributed by atoms with Gasteiger partial charge in [-0.15, -0.1) is 0 Å². The second-order valence-electron chi connectivity index (χ2n) is 11.9. The van der Waals surface area contributed by atoms with Crippen LogP contribution in [0.25, 0.3) is 0 Å². The summed E-state index contributed by atoms with van der Waals surface area (Å²) in [5.74, 6) is 2.89. The van der Waals surface area contributed by atoms with Crippen LogP contribution in [0, 0.1) is 34.0 Å². The monoisotopic (exact) mass is 412 g/mol. The Bertz CT molecular complexity index is 884. The van der Waals surface area contributed by atoms with Gasteiger partial charge in [0.05, 0.1) is 6.61 Å². The number of benzene rings is 1. The van der Waals surface area contributed by atoms with Crippen LogP contribution >= 0.6 is 0 Å². The van der Waals surface area contributed by atoms with E-state index in [0.29, 0.717) is 23.5 Å². The van der Waals surface area contributed by atoms with Gasteiger partial charge in [0.2, 0.25) is 0 Å². The Morgan fingerprint density at radius 1 is 0.933 bits per heavy atom. The molecule has 1 unspecified atom stereocenters. The molecule has 0 aromatic heterocycles. The summed E-state index contributed by atoms with van der Waals surface area (Å²) in [6, 6.07) is 5.59. The first-order valence-corrected chi connectivity index (χ1v) is 12.0. The summed E-state index contributed by atoms with van der Waals surface area (Å²) in [6.07, 6.45) is 8.54. The zero-order valence-electron chi connectivity index (χ0n) is 18.6. The molecule has 4 nitrogen and oxygen atoms in total. The number of aromatic hydroxyl groups is 1. The zero-order chi connectivity index (χ0) is 20.9. The number of aliphatic hydroxyl groups is 1. The summed E-state index contributed by atoms with van der Waals surface area (Å²) >= 11 is 0. The third kappa shape index (κ3) is 2.25. The Labute approximate surface area is 180 Å². The lowest BCUT2D eigenvalue weighted by atomic mass is 9.36. The van der Waals surface area contributed by atoms with E-state index in [1.807, 2.05) is 12.1 Å². The molecule has 4 fully saturated rings. The van der Waals surface area contributed by atoms with E-state index in [9.17, 15) is 10.2 Å². The van der Waals surface area contributed by atoms with E-state index < -0.39 is 6.29 Å². The van der Waals surface area contributed by atoms with Gasteiger partial charge >= 0.3 is 0 Å². The Morgan fingerprint density at radius 3 is 2.53 bits per heavy atom. The predicted octanol–water partition coefficient (Wildman–Crippen LogP) is 5.05. The van der Waals surface area contributed by atoms with Gasteiger partial charge in [-0.1, -0.05) is 20.3 Å². The molecule has 0 spiro atoms. The number of aliphatic hydroxyl groups excluding tert-OH is 1. The first kappa shape index (κ1) is 19.4. The molecule has 2 aliphatic heterocycles. The molecule has 2 N–H and O–H groups in total. The molecule has 0 amide bonds. The van der Waals surface area contributed by atoms with Crippen molar-refractivity contribution < 1.29 is 19.7 Å². The number of phenols is 1. The third-order valence-corrected chi connectivity index (χ3v) is 10.7. The Kier molecular flexibility index (Phi) is 3.85. The van der Waals surface area contributed by atoms with E-state index in [1.165, 1.54) is 32.1 Å². The van der Waals surface area contributed by atoms with Crippen LogP contribution in [0.3, 0.4) is 0 Å². The highest BCUT2D eigenvalue weighted by Crippen LogP contribution is 2.72. The number of rotatable bonds is 0. The molecule has 3 aliphatic carbocycles. The average molecular weight is 413 g/mol. The van der Waals surface area contributed by atoms with Crippen molar-refractivity contribution in [1.82, 2.24) is 0 Å². The van der Waals surface area contributed by atoms with Crippen molar-refractivity contribution in [3.63, 3.8) is 0 Å². The predicted molar refractivity (Wildman–Crippen MR) is 114 cm³/mol. The molecule has 3 saturated carbocycles. The van der Waals surface area contributed by atoms with Gasteiger partial charge in [-0.25, -0.2) is 0 Å².